The zero-order chi connectivity index (χ0) is 44.0. The van der Waals surface area contributed by atoms with E-state index in [2.05, 4.69) is 228 Å². The molecule has 67 heavy (non-hydrogen) atoms. The molecule has 1 atom stereocenters. The molecule has 0 aliphatic carbocycles. The molecule has 0 fully saturated rings. The van der Waals surface area contributed by atoms with Gasteiger partial charge in [0.05, 0.1) is 16.7 Å². The lowest BCUT2D eigenvalue weighted by molar-refractivity contribution is 0.306. The van der Waals surface area contributed by atoms with Gasteiger partial charge in [-0.15, -0.1) is 0 Å². The summed E-state index contributed by atoms with van der Waals surface area (Å²) in [5, 5.41) is 15.8. The molecular weight excluding hydrogens is 817 g/mol. The van der Waals surface area contributed by atoms with Crippen molar-refractivity contribution >= 4 is 76.6 Å². The van der Waals surface area contributed by atoms with Crippen LogP contribution in [0.2, 0.25) is 0 Å². The van der Waals surface area contributed by atoms with E-state index in [-0.39, 0.29) is 0 Å². The lowest BCUT2D eigenvalue weighted by Gasteiger charge is -2.30. The van der Waals surface area contributed by atoms with Crippen LogP contribution in [0.15, 0.2) is 228 Å². The molecule has 1 aromatic heterocycles. The minimum absolute atomic E-state index is 0.426. The van der Waals surface area contributed by atoms with Crippen LogP contribution in [-0.2, 0) is 6.61 Å². The molecule has 314 valence electrons. The quantitative estimate of drug-likeness (QED) is 0.175. The van der Waals surface area contributed by atoms with E-state index >= 15 is 0 Å². The molecule has 0 amide bonds. The highest BCUT2D eigenvalue weighted by atomic mass is 16.5. The van der Waals surface area contributed by atoms with E-state index in [0.29, 0.717) is 12.4 Å². The van der Waals surface area contributed by atoms with Gasteiger partial charge in [0.2, 0.25) is 0 Å². The monoisotopic (exact) mass is 856 g/mol. The van der Waals surface area contributed by atoms with Crippen molar-refractivity contribution < 1.29 is 4.74 Å². The molecular formula is C62H40N4O. The highest BCUT2D eigenvalue weighted by Gasteiger charge is 2.32. The van der Waals surface area contributed by atoms with Crippen molar-refractivity contribution in [1.82, 2.24) is 9.88 Å². The van der Waals surface area contributed by atoms with Crippen molar-refractivity contribution in [3.8, 4) is 33.7 Å². The van der Waals surface area contributed by atoms with Crippen LogP contribution in [0.4, 0.5) is 0 Å². The van der Waals surface area contributed by atoms with Crippen LogP contribution in [-0.4, -0.2) is 16.2 Å². The van der Waals surface area contributed by atoms with Crippen molar-refractivity contribution in [2.24, 2.45) is 9.98 Å². The van der Waals surface area contributed by atoms with Crippen LogP contribution in [0.5, 0.6) is 5.75 Å². The average Bonchev–Trinajstić information content (AvgIpc) is 3.72. The number of fused-ring (bicyclic) bond motifs is 12. The number of para-hydroxylation sites is 1. The summed E-state index contributed by atoms with van der Waals surface area (Å²) in [7, 11) is 0. The van der Waals surface area contributed by atoms with Gasteiger partial charge in [-0.25, -0.2) is 9.98 Å². The molecule has 1 N–H and O–H groups in total. The van der Waals surface area contributed by atoms with Crippen LogP contribution < -0.4 is 10.1 Å². The van der Waals surface area contributed by atoms with Gasteiger partial charge < -0.3 is 14.6 Å². The first-order valence-corrected chi connectivity index (χ1v) is 22.9. The number of amidine groups is 2. The number of nitrogens with zero attached hydrogens (tertiary/aromatic N) is 3. The summed E-state index contributed by atoms with van der Waals surface area (Å²) in [5.41, 5.74) is 11.9. The van der Waals surface area contributed by atoms with Gasteiger partial charge in [0, 0.05) is 44.0 Å². The molecule has 11 aromatic carbocycles. The third kappa shape index (κ3) is 5.95. The Morgan fingerprint density at radius 2 is 1.09 bits per heavy atom. The van der Waals surface area contributed by atoms with E-state index in [1.165, 1.54) is 43.3 Å². The van der Waals surface area contributed by atoms with E-state index in [9.17, 15) is 0 Å². The Morgan fingerprint density at radius 3 is 1.91 bits per heavy atom. The average molecular weight is 857 g/mol. The van der Waals surface area contributed by atoms with Crippen LogP contribution in [0.1, 0.15) is 28.4 Å². The molecule has 2 aliphatic heterocycles. The summed E-state index contributed by atoms with van der Waals surface area (Å²) in [5.74, 6) is 2.30. The Morgan fingerprint density at radius 1 is 0.448 bits per heavy atom. The maximum Gasteiger partial charge on any atom is 0.159 e. The molecule has 0 saturated carbocycles. The van der Waals surface area contributed by atoms with Gasteiger partial charge >= 0.3 is 0 Å². The first-order chi connectivity index (χ1) is 33.2. The smallest absolute Gasteiger partial charge is 0.159 e. The maximum atomic E-state index is 6.75. The summed E-state index contributed by atoms with van der Waals surface area (Å²) < 4.78 is 9.20. The van der Waals surface area contributed by atoms with E-state index in [1.807, 2.05) is 0 Å². The van der Waals surface area contributed by atoms with E-state index in [0.717, 1.165) is 83.4 Å². The maximum absolute atomic E-state index is 6.75. The van der Waals surface area contributed by atoms with E-state index in [4.69, 9.17) is 14.7 Å². The fourth-order valence-electron chi connectivity index (χ4n) is 10.8. The minimum atomic E-state index is -0.479. The number of rotatable bonds is 5. The van der Waals surface area contributed by atoms with Crippen LogP contribution in [0.25, 0.3) is 92.8 Å². The molecule has 14 rings (SSSR count). The minimum Gasteiger partial charge on any atom is -0.488 e. The topological polar surface area (TPSA) is 50.9 Å². The number of nitrogens with one attached hydrogen (secondary N) is 1. The highest BCUT2D eigenvalue weighted by Crippen LogP contribution is 2.47. The zero-order valence-electron chi connectivity index (χ0n) is 36.3. The molecule has 5 nitrogen and oxygen atoms in total. The Kier molecular flexibility index (Phi) is 8.34. The van der Waals surface area contributed by atoms with E-state index < -0.39 is 6.17 Å². The van der Waals surface area contributed by atoms with Gasteiger partial charge in [-0.05, 0) is 90.8 Å². The van der Waals surface area contributed by atoms with Crippen molar-refractivity contribution in [2.45, 2.75) is 12.8 Å². The number of aliphatic imine (C=N–C) groups is 2. The van der Waals surface area contributed by atoms with Crippen molar-refractivity contribution in [2.75, 3.05) is 0 Å². The van der Waals surface area contributed by atoms with Gasteiger partial charge in [0.1, 0.15) is 24.4 Å². The van der Waals surface area contributed by atoms with Crippen molar-refractivity contribution in [1.29, 1.82) is 0 Å². The highest BCUT2D eigenvalue weighted by molar-refractivity contribution is 6.20. The first-order valence-electron chi connectivity index (χ1n) is 22.9. The first kappa shape index (κ1) is 37.6. The molecule has 0 bridgehead atoms. The van der Waals surface area contributed by atoms with E-state index in [1.54, 1.807) is 0 Å². The molecule has 1 unspecified atom stereocenters. The Labute approximate surface area is 386 Å². The predicted molar refractivity (Wildman–Crippen MR) is 278 cm³/mol. The molecule has 0 radical (unpaired) electrons. The lowest BCUT2D eigenvalue weighted by atomic mass is 9.88. The molecule has 2 aliphatic rings. The second-order valence-corrected chi connectivity index (χ2v) is 17.7. The summed E-state index contributed by atoms with van der Waals surface area (Å²) in [6.45, 7) is 0.426. The van der Waals surface area contributed by atoms with Gasteiger partial charge in [-0.3, -0.25) is 0 Å². The summed E-state index contributed by atoms with van der Waals surface area (Å²) in [6.07, 6.45) is -0.479. The fraction of sp³-hybridized carbons (Fsp3) is 0.0323. The summed E-state index contributed by atoms with van der Waals surface area (Å²) >= 11 is 0. The molecule has 0 saturated heterocycles. The van der Waals surface area contributed by atoms with Gasteiger partial charge in [-0.2, -0.15) is 0 Å². The van der Waals surface area contributed by atoms with Crippen molar-refractivity contribution in [3.05, 3.63) is 241 Å². The Hall–Kier alpha value is -8.80. The lowest BCUT2D eigenvalue weighted by Crippen LogP contribution is -2.35. The molecule has 12 aromatic rings. The number of benzene rings is 11. The Balaban J connectivity index is 1.07. The van der Waals surface area contributed by atoms with Crippen LogP contribution >= 0.6 is 0 Å². The predicted octanol–water partition coefficient (Wildman–Crippen LogP) is 15.1. The summed E-state index contributed by atoms with van der Waals surface area (Å²) in [4.78, 5) is 11.2. The molecule has 5 heteroatoms. The number of aromatic nitrogens is 1. The third-order valence-corrected chi connectivity index (χ3v) is 13.9. The van der Waals surface area contributed by atoms with Gasteiger partial charge in [0.15, 0.2) is 5.84 Å². The normalized spacial score (nSPS) is 14.5. The van der Waals surface area contributed by atoms with Crippen LogP contribution in [0.3, 0.4) is 0 Å². The second-order valence-electron chi connectivity index (χ2n) is 17.7. The van der Waals surface area contributed by atoms with Gasteiger partial charge in [-0.1, -0.05) is 182 Å². The zero-order valence-corrected chi connectivity index (χ0v) is 36.3. The molecule has 3 heterocycles. The number of hydrogen-bond acceptors (Lipinski definition) is 4. The number of ether oxygens (including phenoxy) is 1. The van der Waals surface area contributed by atoms with Crippen LogP contribution in [0, 0.1) is 0 Å². The second kappa shape index (κ2) is 14.9. The molecule has 0 spiro atoms. The number of hydrogen-bond donors (Lipinski definition) is 1. The largest absolute Gasteiger partial charge is 0.488 e. The standard InChI is InChI=1S/C62H40N4O/c1-2-14-38(15-3-1)39-26-28-41(29-27-39)60-63-61(53-35-44-19-7-8-20-46(44)48-22-10-11-23-49(48)53)65-62(64-60)58-55(33-31-45-37-67-59-47-21-9-6-16-40(47)30-32-51(59)57(45)58)66-54-25-13-12-24-50(54)52-34-42-17-4-5-18-43(42)36-56(52)66/h1-36,61H,37H2,(H,63,64,65). The van der Waals surface area contributed by atoms with Crippen molar-refractivity contribution in [3.63, 3.8) is 0 Å². The Bertz CT molecular complexity index is 4070. The summed E-state index contributed by atoms with van der Waals surface area (Å²) in [6, 6.07) is 78.5. The SMILES string of the molecule is c1ccc(-c2ccc(C3=NC(c4cc5ccccc5c5ccccc45)NC(c4c(-n5c6ccccc6c6cc7ccccc7cc65)ccc5c4-c4ccc6ccccc6c4OC5)=N3)cc2)cc1. The fourth-order valence-corrected chi connectivity index (χ4v) is 10.8. The van der Waals surface area contributed by atoms with Gasteiger partial charge in [0.25, 0.3) is 0 Å². The third-order valence-electron chi connectivity index (χ3n) is 13.9.